The number of rotatable bonds is 2. The van der Waals surface area contributed by atoms with E-state index in [1.807, 2.05) is 6.92 Å². The van der Waals surface area contributed by atoms with Gasteiger partial charge in [-0.25, -0.2) is 0 Å². The van der Waals surface area contributed by atoms with Gasteiger partial charge < -0.3 is 5.73 Å². The van der Waals surface area contributed by atoms with Gasteiger partial charge in [0.25, 0.3) is 5.69 Å². The van der Waals surface area contributed by atoms with Crippen molar-refractivity contribution in [1.29, 1.82) is 0 Å². The van der Waals surface area contributed by atoms with E-state index in [2.05, 4.69) is 15.9 Å². The fourth-order valence-corrected chi connectivity index (χ4v) is 1.69. The Kier molecular flexibility index (Phi) is 2.87. The van der Waals surface area contributed by atoms with Crippen molar-refractivity contribution >= 4 is 27.3 Å². The van der Waals surface area contributed by atoms with Crippen LogP contribution >= 0.6 is 15.9 Å². The number of hydrogen-bond acceptors (Lipinski definition) is 3. The standard InChI is InChI=1S/C8H9BrN2O2/c1-2-5-3-8(11(12)13)7(10)4-6(5)9/h3-4H,2,10H2,1H3. The van der Waals surface area contributed by atoms with Gasteiger partial charge in [-0.3, -0.25) is 10.1 Å². The second-order valence-corrected chi connectivity index (χ2v) is 3.47. The molecule has 0 spiro atoms. The summed E-state index contributed by atoms with van der Waals surface area (Å²) < 4.78 is 0.818. The molecule has 0 aliphatic rings. The Morgan fingerprint density at radius 2 is 2.23 bits per heavy atom. The molecule has 0 unspecified atom stereocenters. The van der Waals surface area contributed by atoms with Crippen molar-refractivity contribution in [2.24, 2.45) is 0 Å². The molecule has 0 heterocycles. The van der Waals surface area contributed by atoms with Crippen molar-refractivity contribution in [3.63, 3.8) is 0 Å². The molecule has 0 aliphatic heterocycles. The van der Waals surface area contributed by atoms with Gasteiger partial charge in [0.05, 0.1) is 4.92 Å². The maximum atomic E-state index is 10.5. The molecule has 0 bridgehead atoms. The Hall–Kier alpha value is -1.10. The zero-order valence-corrected chi connectivity index (χ0v) is 8.67. The summed E-state index contributed by atoms with van der Waals surface area (Å²) in [4.78, 5) is 10.0. The van der Waals surface area contributed by atoms with Crippen LogP contribution in [-0.2, 0) is 6.42 Å². The lowest BCUT2D eigenvalue weighted by atomic mass is 10.1. The third-order valence-electron chi connectivity index (χ3n) is 1.77. The largest absolute Gasteiger partial charge is 0.393 e. The highest BCUT2D eigenvalue weighted by atomic mass is 79.9. The number of aryl methyl sites for hydroxylation is 1. The predicted molar refractivity (Wildman–Crippen MR) is 54.6 cm³/mol. The summed E-state index contributed by atoms with van der Waals surface area (Å²) in [5.74, 6) is 0. The van der Waals surface area contributed by atoms with Crippen LogP contribution in [0.5, 0.6) is 0 Å². The molecular formula is C8H9BrN2O2. The zero-order valence-electron chi connectivity index (χ0n) is 7.08. The van der Waals surface area contributed by atoms with E-state index in [1.165, 1.54) is 6.07 Å². The lowest BCUT2D eigenvalue weighted by molar-refractivity contribution is -0.384. The topological polar surface area (TPSA) is 69.2 Å². The summed E-state index contributed by atoms with van der Waals surface area (Å²) in [6.07, 6.45) is 0.738. The lowest BCUT2D eigenvalue weighted by Crippen LogP contribution is -1.97. The third kappa shape index (κ3) is 1.98. The van der Waals surface area contributed by atoms with Crippen molar-refractivity contribution in [3.05, 3.63) is 32.3 Å². The molecule has 1 aromatic carbocycles. The van der Waals surface area contributed by atoms with Gasteiger partial charge in [-0.15, -0.1) is 0 Å². The van der Waals surface area contributed by atoms with E-state index in [0.717, 1.165) is 16.5 Å². The Labute approximate surface area is 84.0 Å². The van der Waals surface area contributed by atoms with E-state index < -0.39 is 4.92 Å². The Balaban J connectivity index is 3.30. The van der Waals surface area contributed by atoms with E-state index in [9.17, 15) is 10.1 Å². The molecule has 0 fully saturated rings. The lowest BCUT2D eigenvalue weighted by Gasteiger charge is -2.03. The number of anilines is 1. The average Bonchev–Trinajstić information content (AvgIpc) is 2.03. The van der Waals surface area contributed by atoms with Crippen LogP contribution in [0.3, 0.4) is 0 Å². The predicted octanol–water partition coefficient (Wildman–Crippen LogP) is 2.50. The molecule has 70 valence electrons. The van der Waals surface area contributed by atoms with Gasteiger partial charge in [0, 0.05) is 10.5 Å². The summed E-state index contributed by atoms with van der Waals surface area (Å²) in [5, 5.41) is 10.5. The smallest absolute Gasteiger partial charge is 0.292 e. The number of benzene rings is 1. The van der Waals surface area contributed by atoms with Crippen molar-refractivity contribution < 1.29 is 4.92 Å². The number of nitrogens with zero attached hydrogens (tertiary/aromatic N) is 1. The maximum absolute atomic E-state index is 10.5. The van der Waals surface area contributed by atoms with Crippen LogP contribution < -0.4 is 5.73 Å². The maximum Gasteiger partial charge on any atom is 0.292 e. The van der Waals surface area contributed by atoms with Gasteiger partial charge in [0.1, 0.15) is 5.69 Å². The fraction of sp³-hybridized carbons (Fsp3) is 0.250. The molecule has 5 heteroatoms. The average molecular weight is 245 g/mol. The highest BCUT2D eigenvalue weighted by molar-refractivity contribution is 9.10. The number of hydrogen-bond donors (Lipinski definition) is 1. The molecule has 0 saturated carbocycles. The molecule has 0 amide bonds. The zero-order chi connectivity index (χ0) is 10.0. The first-order valence-electron chi connectivity index (χ1n) is 3.78. The van der Waals surface area contributed by atoms with Gasteiger partial charge in [-0.1, -0.05) is 22.9 Å². The van der Waals surface area contributed by atoms with Gasteiger partial charge in [0.2, 0.25) is 0 Å². The van der Waals surface area contributed by atoms with Crippen molar-refractivity contribution in [3.8, 4) is 0 Å². The van der Waals surface area contributed by atoms with E-state index in [1.54, 1.807) is 6.07 Å². The Morgan fingerprint density at radius 3 is 2.69 bits per heavy atom. The second-order valence-electron chi connectivity index (χ2n) is 2.61. The first-order valence-corrected chi connectivity index (χ1v) is 4.57. The quantitative estimate of drug-likeness (QED) is 0.494. The number of nitro groups is 1. The Morgan fingerprint density at radius 1 is 1.62 bits per heavy atom. The molecule has 1 aromatic rings. The number of nitrogen functional groups attached to an aromatic ring is 1. The highest BCUT2D eigenvalue weighted by Gasteiger charge is 2.13. The molecule has 0 aromatic heterocycles. The van der Waals surface area contributed by atoms with Crippen LogP contribution in [0.25, 0.3) is 0 Å². The minimum absolute atomic E-state index is 0.0277. The van der Waals surface area contributed by atoms with Crippen molar-refractivity contribution in [2.75, 3.05) is 5.73 Å². The van der Waals surface area contributed by atoms with Crippen LogP contribution in [0, 0.1) is 10.1 Å². The molecule has 4 nitrogen and oxygen atoms in total. The molecule has 1 rings (SSSR count). The Bertz CT molecular complexity index is 352. The van der Waals surface area contributed by atoms with Gasteiger partial charge in [-0.05, 0) is 18.1 Å². The van der Waals surface area contributed by atoms with Crippen LogP contribution in [0.2, 0.25) is 0 Å². The monoisotopic (exact) mass is 244 g/mol. The summed E-state index contributed by atoms with van der Waals surface area (Å²) in [5.41, 5.74) is 6.53. The normalized spacial score (nSPS) is 10.0. The minimum Gasteiger partial charge on any atom is -0.393 e. The van der Waals surface area contributed by atoms with Gasteiger partial charge >= 0.3 is 0 Å². The van der Waals surface area contributed by atoms with E-state index in [-0.39, 0.29) is 11.4 Å². The van der Waals surface area contributed by atoms with Crippen LogP contribution in [0.4, 0.5) is 11.4 Å². The third-order valence-corrected chi connectivity index (χ3v) is 2.51. The molecule has 13 heavy (non-hydrogen) atoms. The number of nitrogens with two attached hydrogens (primary N) is 1. The van der Waals surface area contributed by atoms with E-state index >= 15 is 0 Å². The molecule has 0 radical (unpaired) electrons. The SMILES string of the molecule is CCc1cc([N+](=O)[O-])c(N)cc1Br. The van der Waals surface area contributed by atoms with Gasteiger partial charge in [-0.2, -0.15) is 0 Å². The highest BCUT2D eigenvalue weighted by Crippen LogP contribution is 2.29. The fourth-order valence-electron chi connectivity index (χ4n) is 1.05. The molecule has 0 saturated heterocycles. The summed E-state index contributed by atoms with van der Waals surface area (Å²) >= 11 is 3.29. The summed E-state index contributed by atoms with van der Waals surface area (Å²) in [7, 11) is 0. The minimum atomic E-state index is -0.471. The van der Waals surface area contributed by atoms with Gasteiger partial charge in [0.15, 0.2) is 0 Å². The van der Waals surface area contributed by atoms with Crippen LogP contribution in [0.15, 0.2) is 16.6 Å². The van der Waals surface area contributed by atoms with Crippen LogP contribution in [0.1, 0.15) is 12.5 Å². The van der Waals surface area contributed by atoms with Crippen molar-refractivity contribution in [1.82, 2.24) is 0 Å². The molecule has 0 aliphatic carbocycles. The second kappa shape index (κ2) is 3.74. The van der Waals surface area contributed by atoms with E-state index in [4.69, 9.17) is 5.73 Å². The first-order chi connectivity index (χ1) is 6.06. The number of nitro benzene ring substituents is 1. The van der Waals surface area contributed by atoms with Crippen LogP contribution in [-0.4, -0.2) is 4.92 Å². The molecule has 2 N–H and O–H groups in total. The number of halogens is 1. The molecule has 0 atom stereocenters. The summed E-state index contributed by atoms with van der Waals surface area (Å²) in [6.45, 7) is 1.93. The first kappa shape index (κ1) is 9.98. The molecular weight excluding hydrogens is 236 g/mol. The summed E-state index contributed by atoms with van der Waals surface area (Å²) in [6, 6.07) is 3.07. The van der Waals surface area contributed by atoms with E-state index in [0.29, 0.717) is 0 Å². The van der Waals surface area contributed by atoms with Crippen molar-refractivity contribution in [2.45, 2.75) is 13.3 Å².